The molecule has 1 amide bonds. The van der Waals surface area contributed by atoms with Crippen LogP contribution in [0.3, 0.4) is 0 Å². The molecule has 0 fully saturated rings. The van der Waals surface area contributed by atoms with Crippen LogP contribution in [0, 0.1) is 0 Å². The number of ether oxygens (including phenoxy) is 2. The Balaban J connectivity index is 1.80. The number of nitrogens with one attached hydrogen (secondary N) is 2. The Morgan fingerprint density at radius 3 is 2.48 bits per heavy atom. The lowest BCUT2D eigenvalue weighted by Gasteiger charge is -2.12. The normalized spacial score (nSPS) is 10.1. The molecule has 0 bridgehead atoms. The fourth-order valence-electron chi connectivity index (χ4n) is 2.61. The molecule has 0 unspecified atom stereocenters. The maximum absolute atomic E-state index is 12.6. The van der Waals surface area contributed by atoms with Gasteiger partial charge in [-0.2, -0.15) is 0 Å². The van der Waals surface area contributed by atoms with Crippen LogP contribution in [-0.4, -0.2) is 35.6 Å². The van der Waals surface area contributed by atoms with Crippen molar-refractivity contribution in [3.63, 3.8) is 0 Å². The highest BCUT2D eigenvalue weighted by atomic mass is 16.5. The van der Waals surface area contributed by atoms with E-state index in [9.17, 15) is 9.59 Å². The highest BCUT2D eigenvalue weighted by molar-refractivity contribution is 6.04. The summed E-state index contributed by atoms with van der Waals surface area (Å²) in [5.74, 6) is 0.0406. The monoisotopic (exact) mass is 392 g/mol. The van der Waals surface area contributed by atoms with Gasteiger partial charge in [0.1, 0.15) is 23.6 Å². The first-order chi connectivity index (χ1) is 14.1. The topological polar surface area (TPSA) is 102 Å². The molecule has 8 nitrogen and oxygen atoms in total. The Kier molecular flexibility index (Phi) is 6.36. The van der Waals surface area contributed by atoms with E-state index in [2.05, 4.69) is 20.6 Å². The van der Waals surface area contributed by atoms with E-state index >= 15 is 0 Å². The third kappa shape index (κ3) is 4.86. The zero-order chi connectivity index (χ0) is 20.6. The maximum Gasteiger partial charge on any atom is 0.339 e. The summed E-state index contributed by atoms with van der Waals surface area (Å²) in [4.78, 5) is 32.7. The molecule has 0 spiro atoms. The number of methoxy groups -OCH3 is 1. The summed E-state index contributed by atoms with van der Waals surface area (Å²) in [5, 5.41) is 5.81. The highest BCUT2D eigenvalue weighted by Crippen LogP contribution is 2.25. The molecular formula is C21H20N4O4. The van der Waals surface area contributed by atoms with Gasteiger partial charge in [-0.05, 0) is 31.2 Å². The smallest absolute Gasteiger partial charge is 0.339 e. The molecule has 0 saturated carbocycles. The molecule has 0 saturated heterocycles. The first kappa shape index (κ1) is 19.8. The van der Waals surface area contributed by atoms with E-state index < -0.39 is 11.9 Å². The Labute approximate surface area is 167 Å². The van der Waals surface area contributed by atoms with Gasteiger partial charge in [0.05, 0.1) is 30.7 Å². The summed E-state index contributed by atoms with van der Waals surface area (Å²) in [6, 6.07) is 15.5. The number of benzene rings is 2. The molecule has 148 valence electrons. The van der Waals surface area contributed by atoms with Gasteiger partial charge in [-0.15, -0.1) is 0 Å². The van der Waals surface area contributed by atoms with Crippen LogP contribution in [0.2, 0.25) is 0 Å². The van der Waals surface area contributed by atoms with Crippen molar-refractivity contribution in [3.8, 4) is 5.75 Å². The molecule has 0 aliphatic carbocycles. The molecule has 1 heterocycles. The number of aromatic nitrogens is 2. The quantitative estimate of drug-likeness (QED) is 0.592. The second kappa shape index (κ2) is 9.32. The van der Waals surface area contributed by atoms with Gasteiger partial charge in [-0.1, -0.05) is 24.3 Å². The predicted octanol–water partition coefficient (Wildman–Crippen LogP) is 3.66. The van der Waals surface area contributed by atoms with Crippen LogP contribution in [0.25, 0.3) is 0 Å². The van der Waals surface area contributed by atoms with Crippen LogP contribution in [0.15, 0.2) is 60.9 Å². The molecular weight excluding hydrogens is 372 g/mol. The molecule has 0 aliphatic heterocycles. The van der Waals surface area contributed by atoms with Crippen LogP contribution in [-0.2, 0) is 4.74 Å². The lowest BCUT2D eigenvalue weighted by Crippen LogP contribution is -2.15. The number of carbonyl (C=O) groups is 2. The van der Waals surface area contributed by atoms with Crippen molar-refractivity contribution in [2.24, 2.45) is 0 Å². The number of nitrogens with zero attached hydrogens (tertiary/aromatic N) is 2. The van der Waals surface area contributed by atoms with Crippen LogP contribution < -0.4 is 15.4 Å². The summed E-state index contributed by atoms with van der Waals surface area (Å²) in [5.41, 5.74) is 1.56. The lowest BCUT2D eigenvalue weighted by atomic mass is 10.2. The van der Waals surface area contributed by atoms with Gasteiger partial charge in [0.2, 0.25) is 0 Å². The minimum Gasteiger partial charge on any atom is -0.492 e. The third-order valence-corrected chi connectivity index (χ3v) is 3.93. The minimum absolute atomic E-state index is 0.157. The molecule has 8 heteroatoms. The fraction of sp³-hybridized carbons (Fsp3) is 0.143. The summed E-state index contributed by atoms with van der Waals surface area (Å²) >= 11 is 0. The van der Waals surface area contributed by atoms with Crippen molar-refractivity contribution >= 4 is 29.1 Å². The van der Waals surface area contributed by atoms with Crippen LogP contribution in [0.5, 0.6) is 5.75 Å². The Bertz CT molecular complexity index is 1020. The summed E-state index contributed by atoms with van der Waals surface area (Å²) in [6.07, 6.45) is 1.27. The SMILES string of the molecule is CCOc1ccccc1NC(=O)c1cc(Nc2ccccc2C(=O)OC)ncn1. The molecule has 1 aromatic heterocycles. The molecule has 3 rings (SSSR count). The van der Waals surface area contributed by atoms with Crippen molar-refractivity contribution in [2.45, 2.75) is 6.92 Å². The van der Waals surface area contributed by atoms with Gasteiger partial charge in [0.15, 0.2) is 0 Å². The van der Waals surface area contributed by atoms with E-state index in [0.717, 1.165) is 0 Å². The second-order valence-electron chi connectivity index (χ2n) is 5.83. The number of amides is 1. The Morgan fingerprint density at radius 2 is 1.72 bits per heavy atom. The van der Waals surface area contributed by atoms with Gasteiger partial charge in [0, 0.05) is 6.07 Å². The van der Waals surface area contributed by atoms with E-state index in [1.807, 2.05) is 13.0 Å². The molecule has 2 aromatic carbocycles. The predicted molar refractivity (Wildman–Crippen MR) is 109 cm³/mol. The van der Waals surface area contributed by atoms with Crippen LogP contribution in [0.4, 0.5) is 17.2 Å². The number of esters is 1. The van der Waals surface area contributed by atoms with Gasteiger partial charge >= 0.3 is 5.97 Å². The average molecular weight is 392 g/mol. The molecule has 29 heavy (non-hydrogen) atoms. The van der Waals surface area contributed by atoms with Crippen LogP contribution >= 0.6 is 0 Å². The lowest BCUT2D eigenvalue weighted by molar-refractivity contribution is 0.0601. The van der Waals surface area contributed by atoms with Crippen LogP contribution in [0.1, 0.15) is 27.8 Å². The summed E-state index contributed by atoms with van der Waals surface area (Å²) in [7, 11) is 1.31. The first-order valence-corrected chi connectivity index (χ1v) is 8.92. The first-order valence-electron chi connectivity index (χ1n) is 8.92. The molecule has 3 aromatic rings. The Hall–Kier alpha value is -3.94. The Morgan fingerprint density at radius 1 is 1.00 bits per heavy atom. The van der Waals surface area contributed by atoms with Gasteiger partial charge in [-0.25, -0.2) is 14.8 Å². The minimum atomic E-state index is -0.479. The number of hydrogen-bond acceptors (Lipinski definition) is 7. The van der Waals surface area contributed by atoms with Crippen molar-refractivity contribution in [1.29, 1.82) is 0 Å². The van der Waals surface area contributed by atoms with E-state index in [-0.39, 0.29) is 5.69 Å². The fourth-order valence-corrected chi connectivity index (χ4v) is 2.61. The number of carbonyl (C=O) groups excluding carboxylic acids is 2. The van der Waals surface area contributed by atoms with Gasteiger partial charge in [0.25, 0.3) is 5.91 Å². The highest BCUT2D eigenvalue weighted by Gasteiger charge is 2.14. The van der Waals surface area contributed by atoms with E-state index in [0.29, 0.717) is 35.1 Å². The zero-order valence-corrected chi connectivity index (χ0v) is 16.0. The van der Waals surface area contributed by atoms with E-state index in [4.69, 9.17) is 9.47 Å². The van der Waals surface area contributed by atoms with Crippen molar-refractivity contribution in [3.05, 3.63) is 72.2 Å². The standard InChI is InChI=1S/C21H20N4O4/c1-3-29-18-11-7-6-10-16(18)25-20(26)17-12-19(23-13-22-17)24-15-9-5-4-8-14(15)21(27)28-2/h4-13H,3H2,1-2H3,(H,25,26)(H,22,23,24). The van der Waals surface area contributed by atoms with Crippen molar-refractivity contribution in [1.82, 2.24) is 9.97 Å². The largest absolute Gasteiger partial charge is 0.492 e. The summed E-state index contributed by atoms with van der Waals surface area (Å²) in [6.45, 7) is 2.35. The average Bonchev–Trinajstić information content (AvgIpc) is 2.75. The number of rotatable bonds is 7. The van der Waals surface area contributed by atoms with E-state index in [1.165, 1.54) is 19.5 Å². The van der Waals surface area contributed by atoms with Crippen molar-refractivity contribution in [2.75, 3.05) is 24.4 Å². The van der Waals surface area contributed by atoms with Crippen molar-refractivity contribution < 1.29 is 19.1 Å². The third-order valence-electron chi connectivity index (χ3n) is 3.93. The second-order valence-corrected chi connectivity index (χ2v) is 5.83. The zero-order valence-electron chi connectivity index (χ0n) is 16.0. The summed E-state index contributed by atoms with van der Waals surface area (Å²) < 4.78 is 10.3. The molecule has 0 radical (unpaired) electrons. The molecule has 2 N–H and O–H groups in total. The number of hydrogen-bond donors (Lipinski definition) is 2. The van der Waals surface area contributed by atoms with Gasteiger partial charge in [-0.3, -0.25) is 4.79 Å². The number of anilines is 3. The maximum atomic E-state index is 12.6. The number of para-hydroxylation sites is 3. The van der Waals surface area contributed by atoms with Gasteiger partial charge < -0.3 is 20.1 Å². The van der Waals surface area contributed by atoms with E-state index in [1.54, 1.807) is 42.5 Å². The molecule has 0 aliphatic rings. The molecule has 0 atom stereocenters.